The third-order valence-electron chi connectivity index (χ3n) is 3.89. The molecule has 0 saturated carbocycles. The molecule has 2 aliphatic rings. The molecule has 2 saturated heterocycles. The Morgan fingerprint density at radius 2 is 1.50 bits per heavy atom. The molecule has 9 heteroatoms. The van der Waals surface area contributed by atoms with E-state index in [4.69, 9.17) is 16.3 Å². The Morgan fingerprint density at radius 3 is 2.05 bits per heavy atom. The number of carbonyl (C=O) groups excluding carboxylic acids is 1. The van der Waals surface area contributed by atoms with E-state index >= 15 is 0 Å². The maximum Gasteiger partial charge on any atom is 0.231 e. The molecule has 0 atom stereocenters. The van der Waals surface area contributed by atoms with E-state index in [1.54, 1.807) is 6.92 Å². The van der Waals surface area contributed by atoms with Gasteiger partial charge in [0.05, 0.1) is 13.2 Å². The smallest absolute Gasteiger partial charge is 0.231 e. The summed E-state index contributed by atoms with van der Waals surface area (Å²) < 4.78 is 5.34. The molecule has 0 aromatic carbocycles. The van der Waals surface area contributed by atoms with Crippen LogP contribution in [0.1, 0.15) is 6.92 Å². The van der Waals surface area contributed by atoms with E-state index in [1.165, 1.54) is 0 Å². The van der Waals surface area contributed by atoms with Gasteiger partial charge in [-0.05, 0) is 11.6 Å². The number of amides is 1. The fourth-order valence-corrected chi connectivity index (χ4v) is 2.75. The number of morpholine rings is 1. The van der Waals surface area contributed by atoms with E-state index in [0.717, 1.165) is 13.1 Å². The van der Waals surface area contributed by atoms with Gasteiger partial charge in [0.15, 0.2) is 0 Å². The Morgan fingerprint density at radius 1 is 0.955 bits per heavy atom. The van der Waals surface area contributed by atoms with Crippen LogP contribution in [0.5, 0.6) is 0 Å². The van der Waals surface area contributed by atoms with Crippen molar-refractivity contribution in [3.63, 3.8) is 0 Å². The highest BCUT2D eigenvalue weighted by Crippen LogP contribution is 2.19. The highest BCUT2D eigenvalue weighted by atomic mass is 35.5. The van der Waals surface area contributed by atoms with Gasteiger partial charge >= 0.3 is 0 Å². The van der Waals surface area contributed by atoms with Gasteiger partial charge in [-0.1, -0.05) is 0 Å². The lowest BCUT2D eigenvalue weighted by atomic mass is 10.3. The van der Waals surface area contributed by atoms with E-state index in [-0.39, 0.29) is 11.2 Å². The molecule has 0 radical (unpaired) electrons. The normalized spacial score (nSPS) is 19.5. The highest BCUT2D eigenvalue weighted by Gasteiger charge is 2.23. The Labute approximate surface area is 134 Å². The van der Waals surface area contributed by atoms with Gasteiger partial charge in [0.2, 0.25) is 23.1 Å². The van der Waals surface area contributed by atoms with E-state index < -0.39 is 0 Å². The largest absolute Gasteiger partial charge is 0.378 e. The SMILES string of the molecule is CC(=O)N1CCN(c2nc(Cl)nc(N3CCOCC3)n2)CC1. The lowest BCUT2D eigenvalue weighted by Crippen LogP contribution is -2.48. The summed E-state index contributed by atoms with van der Waals surface area (Å²) in [7, 11) is 0. The summed E-state index contributed by atoms with van der Waals surface area (Å²) in [6, 6.07) is 0. The second-order valence-corrected chi connectivity index (χ2v) is 5.64. The number of ether oxygens (including phenoxy) is 1. The van der Waals surface area contributed by atoms with E-state index in [2.05, 4.69) is 15.0 Å². The Hall–Kier alpha value is -1.67. The van der Waals surface area contributed by atoms with Crippen molar-refractivity contribution in [1.29, 1.82) is 0 Å². The summed E-state index contributed by atoms with van der Waals surface area (Å²) in [6.45, 7) is 7.15. The van der Waals surface area contributed by atoms with Crippen LogP contribution >= 0.6 is 11.6 Å². The second kappa shape index (κ2) is 6.62. The molecule has 2 fully saturated rings. The van der Waals surface area contributed by atoms with Gasteiger partial charge in [-0.25, -0.2) is 0 Å². The molecule has 0 spiro atoms. The molecular formula is C13H19ClN6O2. The standard InChI is InChI=1S/C13H19ClN6O2/c1-10(21)18-2-4-19(5-3-18)12-15-11(14)16-13(17-12)20-6-8-22-9-7-20/h2-9H2,1H3. The summed E-state index contributed by atoms with van der Waals surface area (Å²) in [5.74, 6) is 1.26. The van der Waals surface area contributed by atoms with Gasteiger partial charge < -0.3 is 19.4 Å². The monoisotopic (exact) mass is 326 g/mol. The average Bonchev–Trinajstić information content (AvgIpc) is 2.55. The van der Waals surface area contributed by atoms with Crippen LogP contribution in [-0.2, 0) is 9.53 Å². The molecular weight excluding hydrogens is 308 g/mol. The number of carbonyl (C=O) groups is 1. The third kappa shape index (κ3) is 3.38. The lowest BCUT2D eigenvalue weighted by Gasteiger charge is -2.34. The van der Waals surface area contributed by atoms with Crippen LogP contribution in [0, 0.1) is 0 Å². The molecule has 3 rings (SSSR count). The first kappa shape index (κ1) is 15.2. The number of aromatic nitrogens is 3. The molecule has 1 aromatic rings. The molecule has 2 aliphatic heterocycles. The van der Waals surface area contributed by atoms with Gasteiger partial charge in [-0.3, -0.25) is 4.79 Å². The topological polar surface area (TPSA) is 74.7 Å². The molecule has 1 amide bonds. The first-order valence-corrected chi connectivity index (χ1v) is 7.76. The predicted molar refractivity (Wildman–Crippen MR) is 82.3 cm³/mol. The van der Waals surface area contributed by atoms with Crippen LogP contribution in [0.4, 0.5) is 11.9 Å². The zero-order valence-electron chi connectivity index (χ0n) is 12.5. The Balaban J connectivity index is 1.74. The first-order chi connectivity index (χ1) is 10.6. The zero-order valence-corrected chi connectivity index (χ0v) is 13.3. The first-order valence-electron chi connectivity index (χ1n) is 7.38. The molecule has 3 heterocycles. The highest BCUT2D eigenvalue weighted by molar-refractivity contribution is 6.28. The number of piperazine rings is 1. The molecule has 8 nitrogen and oxygen atoms in total. The summed E-state index contributed by atoms with van der Waals surface area (Å²) >= 11 is 6.06. The minimum atomic E-state index is 0.0994. The van der Waals surface area contributed by atoms with E-state index in [0.29, 0.717) is 51.3 Å². The Bertz CT molecular complexity index is 543. The van der Waals surface area contributed by atoms with Crippen molar-refractivity contribution in [2.75, 3.05) is 62.3 Å². The van der Waals surface area contributed by atoms with Crippen LogP contribution in [0.2, 0.25) is 5.28 Å². The lowest BCUT2D eigenvalue weighted by molar-refractivity contribution is -0.129. The number of hydrogen-bond donors (Lipinski definition) is 0. The van der Waals surface area contributed by atoms with Crippen LogP contribution in [0.25, 0.3) is 0 Å². The molecule has 0 unspecified atom stereocenters. The number of hydrogen-bond acceptors (Lipinski definition) is 7. The average molecular weight is 327 g/mol. The van der Waals surface area contributed by atoms with E-state index in [1.807, 2.05) is 14.7 Å². The minimum Gasteiger partial charge on any atom is -0.378 e. The summed E-state index contributed by atoms with van der Waals surface area (Å²) in [5.41, 5.74) is 0. The van der Waals surface area contributed by atoms with Crippen molar-refractivity contribution < 1.29 is 9.53 Å². The quantitative estimate of drug-likeness (QED) is 0.759. The van der Waals surface area contributed by atoms with Crippen LogP contribution in [0.3, 0.4) is 0 Å². The molecule has 0 bridgehead atoms. The van der Waals surface area contributed by atoms with Crippen molar-refractivity contribution in [2.24, 2.45) is 0 Å². The molecule has 0 aliphatic carbocycles. The van der Waals surface area contributed by atoms with Gasteiger partial charge in [0, 0.05) is 46.2 Å². The number of rotatable bonds is 2. The summed E-state index contributed by atoms with van der Waals surface area (Å²) in [6.07, 6.45) is 0. The maximum absolute atomic E-state index is 11.4. The predicted octanol–water partition coefficient (Wildman–Crippen LogP) is 0.0301. The minimum absolute atomic E-state index is 0.0994. The van der Waals surface area contributed by atoms with Gasteiger partial charge in [-0.2, -0.15) is 15.0 Å². The van der Waals surface area contributed by atoms with Crippen molar-refractivity contribution in [1.82, 2.24) is 19.9 Å². The van der Waals surface area contributed by atoms with Crippen LogP contribution in [0.15, 0.2) is 0 Å². The summed E-state index contributed by atoms with van der Waals surface area (Å²) in [5, 5.41) is 0.195. The fourth-order valence-electron chi connectivity index (χ4n) is 2.60. The maximum atomic E-state index is 11.4. The zero-order chi connectivity index (χ0) is 15.5. The number of anilines is 2. The van der Waals surface area contributed by atoms with Crippen molar-refractivity contribution >= 4 is 29.4 Å². The molecule has 120 valence electrons. The van der Waals surface area contributed by atoms with Gasteiger partial charge in [-0.15, -0.1) is 0 Å². The van der Waals surface area contributed by atoms with E-state index in [9.17, 15) is 4.79 Å². The third-order valence-corrected chi connectivity index (χ3v) is 4.06. The molecule has 22 heavy (non-hydrogen) atoms. The van der Waals surface area contributed by atoms with Crippen LogP contribution in [-0.4, -0.2) is 78.2 Å². The van der Waals surface area contributed by atoms with Gasteiger partial charge in [0.1, 0.15) is 0 Å². The second-order valence-electron chi connectivity index (χ2n) is 5.30. The molecule has 0 N–H and O–H groups in total. The van der Waals surface area contributed by atoms with Crippen molar-refractivity contribution in [3.8, 4) is 0 Å². The van der Waals surface area contributed by atoms with Crippen molar-refractivity contribution in [3.05, 3.63) is 5.28 Å². The number of halogens is 1. The fraction of sp³-hybridized carbons (Fsp3) is 0.692. The summed E-state index contributed by atoms with van der Waals surface area (Å²) in [4.78, 5) is 30.3. The van der Waals surface area contributed by atoms with Crippen LogP contribution < -0.4 is 9.80 Å². The Kier molecular flexibility index (Phi) is 4.58. The van der Waals surface area contributed by atoms with Gasteiger partial charge in [0.25, 0.3) is 0 Å². The number of nitrogens with zero attached hydrogens (tertiary/aromatic N) is 6. The van der Waals surface area contributed by atoms with Crippen molar-refractivity contribution in [2.45, 2.75) is 6.92 Å². The molecule has 1 aromatic heterocycles.